The number of hydrogen-bond acceptors (Lipinski definition) is 4. The van der Waals surface area contributed by atoms with Gasteiger partial charge in [-0.2, -0.15) is 0 Å². The van der Waals surface area contributed by atoms with Crippen molar-refractivity contribution in [3.05, 3.63) is 77.9 Å². The van der Waals surface area contributed by atoms with Crippen LogP contribution < -0.4 is 10.4 Å². The summed E-state index contributed by atoms with van der Waals surface area (Å²) in [5.41, 5.74) is 1.01. The maximum atomic E-state index is 12.7. The zero-order chi connectivity index (χ0) is 17.4. The summed E-state index contributed by atoms with van der Waals surface area (Å²) in [6.45, 7) is 0. The van der Waals surface area contributed by atoms with Crippen LogP contribution in [0.3, 0.4) is 0 Å². The zero-order valence-electron chi connectivity index (χ0n) is 13.0. The summed E-state index contributed by atoms with van der Waals surface area (Å²) >= 11 is 1.57. The quantitative estimate of drug-likeness (QED) is 0.615. The highest BCUT2D eigenvalue weighted by molar-refractivity contribution is 7.26. The monoisotopic (exact) mass is 346 g/mol. The number of thiophene rings is 1. The average Bonchev–Trinajstić information content (AvgIpc) is 3.00. The lowest BCUT2D eigenvalue weighted by Gasteiger charge is -2.08. The Morgan fingerprint density at radius 1 is 0.880 bits per heavy atom. The van der Waals surface area contributed by atoms with E-state index < -0.39 is 5.97 Å². The van der Waals surface area contributed by atoms with Crippen molar-refractivity contribution in [2.45, 2.75) is 0 Å². The highest BCUT2D eigenvalue weighted by atomic mass is 32.1. The summed E-state index contributed by atoms with van der Waals surface area (Å²) in [4.78, 5) is 23.7. The molecular weight excluding hydrogens is 334 g/mol. The first kappa shape index (κ1) is 15.4. The maximum absolute atomic E-state index is 12.7. The largest absolute Gasteiger partial charge is 0.545 e. The van der Waals surface area contributed by atoms with Crippen LogP contribution in [0.2, 0.25) is 0 Å². The van der Waals surface area contributed by atoms with Gasteiger partial charge in [0, 0.05) is 25.9 Å². The first-order valence-electron chi connectivity index (χ1n) is 7.66. The first-order chi connectivity index (χ1) is 12.1. The van der Waals surface area contributed by atoms with E-state index in [-0.39, 0.29) is 11.5 Å². The van der Waals surface area contributed by atoms with E-state index in [1.165, 1.54) is 12.1 Å². The Morgan fingerprint density at radius 2 is 1.64 bits per heavy atom. The van der Waals surface area contributed by atoms with Crippen LogP contribution in [0.5, 0.6) is 0 Å². The van der Waals surface area contributed by atoms with Gasteiger partial charge < -0.3 is 15.2 Å². The Labute approximate surface area is 147 Å². The first-order valence-corrected chi connectivity index (χ1v) is 8.48. The molecule has 0 saturated heterocycles. The summed E-state index contributed by atoms with van der Waals surface area (Å²) in [7, 11) is 0. The lowest BCUT2D eigenvalue weighted by atomic mass is 10.1. The van der Waals surface area contributed by atoms with Crippen LogP contribution in [0.25, 0.3) is 20.2 Å². The predicted molar refractivity (Wildman–Crippen MR) is 98.1 cm³/mol. The van der Waals surface area contributed by atoms with E-state index in [0.717, 1.165) is 20.2 Å². The summed E-state index contributed by atoms with van der Waals surface area (Å²) in [5, 5.41) is 15.9. The molecule has 0 aliphatic carbocycles. The lowest BCUT2D eigenvalue weighted by Crippen LogP contribution is -2.22. The second-order valence-corrected chi connectivity index (χ2v) is 6.66. The number of carboxylic acid groups (broad SMARTS) is 1. The molecule has 0 saturated carbocycles. The third kappa shape index (κ3) is 2.75. The fourth-order valence-electron chi connectivity index (χ4n) is 2.85. The van der Waals surface area contributed by atoms with Crippen molar-refractivity contribution in [1.29, 1.82) is 0 Å². The Kier molecular flexibility index (Phi) is 3.71. The number of carbonyl (C=O) groups is 2. The molecule has 1 amide bonds. The highest BCUT2D eigenvalue weighted by Crippen LogP contribution is 2.35. The molecule has 4 aromatic rings. The minimum absolute atomic E-state index is 0.0258. The second-order valence-electron chi connectivity index (χ2n) is 5.60. The summed E-state index contributed by atoms with van der Waals surface area (Å²) < 4.78 is 2.04. The molecule has 1 aromatic heterocycles. The van der Waals surface area contributed by atoms with Gasteiger partial charge in [0.15, 0.2) is 0 Å². The molecule has 25 heavy (non-hydrogen) atoms. The van der Waals surface area contributed by atoms with Crippen molar-refractivity contribution in [3.8, 4) is 0 Å². The van der Waals surface area contributed by atoms with Crippen LogP contribution in [-0.4, -0.2) is 11.9 Å². The van der Waals surface area contributed by atoms with Gasteiger partial charge in [0.25, 0.3) is 5.91 Å². The number of amides is 1. The number of fused-ring (bicyclic) bond motifs is 3. The maximum Gasteiger partial charge on any atom is 0.257 e. The van der Waals surface area contributed by atoms with Crippen molar-refractivity contribution >= 4 is 49.1 Å². The number of nitrogens with one attached hydrogen (secondary N) is 1. The molecular formula is C20H12NO3S-. The predicted octanol–water partition coefficient (Wildman–Crippen LogP) is 3.67. The van der Waals surface area contributed by atoms with E-state index >= 15 is 0 Å². The SMILES string of the molecule is O=C([O-])c1cccc(NC(=O)c2cccc3c2sc2ccccc23)c1. The Balaban J connectivity index is 1.75. The van der Waals surface area contributed by atoms with Crippen LogP contribution in [0.4, 0.5) is 5.69 Å². The van der Waals surface area contributed by atoms with E-state index in [2.05, 4.69) is 5.32 Å². The van der Waals surface area contributed by atoms with Gasteiger partial charge in [0.05, 0.1) is 11.5 Å². The molecule has 0 unspecified atom stereocenters. The molecule has 1 N–H and O–H groups in total. The molecule has 0 bridgehead atoms. The van der Waals surface area contributed by atoms with Gasteiger partial charge in [-0.3, -0.25) is 4.79 Å². The average molecular weight is 346 g/mol. The van der Waals surface area contributed by atoms with Crippen molar-refractivity contribution in [1.82, 2.24) is 0 Å². The molecule has 0 aliphatic heterocycles. The normalized spacial score (nSPS) is 10.9. The molecule has 1 heterocycles. The number of benzene rings is 3. The summed E-state index contributed by atoms with van der Waals surface area (Å²) in [6.07, 6.45) is 0. The highest BCUT2D eigenvalue weighted by Gasteiger charge is 2.14. The molecule has 5 heteroatoms. The van der Waals surface area contributed by atoms with Crippen molar-refractivity contribution < 1.29 is 14.7 Å². The third-order valence-corrected chi connectivity index (χ3v) is 5.22. The standard InChI is InChI=1S/C20H13NO3S/c22-19(21-13-6-3-5-12(11-13)20(23)24)16-9-4-8-15-14-7-1-2-10-17(14)25-18(15)16/h1-11H,(H,21,22)(H,23,24)/p-1. The van der Waals surface area contributed by atoms with E-state index in [1.54, 1.807) is 29.5 Å². The van der Waals surface area contributed by atoms with Gasteiger partial charge in [-0.05, 0) is 29.8 Å². The van der Waals surface area contributed by atoms with Crippen LogP contribution in [0, 0.1) is 0 Å². The van der Waals surface area contributed by atoms with Crippen molar-refractivity contribution in [2.24, 2.45) is 0 Å². The molecule has 0 fully saturated rings. The molecule has 4 rings (SSSR count). The van der Waals surface area contributed by atoms with Gasteiger partial charge in [-0.15, -0.1) is 11.3 Å². The van der Waals surface area contributed by atoms with E-state index in [1.807, 2.05) is 36.4 Å². The Morgan fingerprint density at radius 3 is 2.48 bits per heavy atom. The molecule has 0 atom stereocenters. The smallest absolute Gasteiger partial charge is 0.257 e. The molecule has 3 aromatic carbocycles. The van der Waals surface area contributed by atoms with Crippen molar-refractivity contribution in [3.63, 3.8) is 0 Å². The van der Waals surface area contributed by atoms with Crippen LogP contribution in [0.15, 0.2) is 66.7 Å². The number of rotatable bonds is 3. The molecule has 0 aliphatic rings. The number of carboxylic acids is 1. The Hall–Kier alpha value is -3.18. The third-order valence-electron chi connectivity index (χ3n) is 4.01. The number of hydrogen-bond donors (Lipinski definition) is 1. The summed E-state index contributed by atoms with van der Waals surface area (Å²) in [5.74, 6) is -1.55. The Bertz CT molecular complexity index is 1130. The van der Waals surface area contributed by atoms with E-state index in [0.29, 0.717) is 11.3 Å². The van der Waals surface area contributed by atoms with E-state index in [4.69, 9.17) is 0 Å². The minimum Gasteiger partial charge on any atom is -0.545 e. The van der Waals surface area contributed by atoms with Crippen molar-refractivity contribution in [2.75, 3.05) is 5.32 Å². The van der Waals surface area contributed by atoms with Crippen LogP contribution in [0.1, 0.15) is 20.7 Å². The molecule has 0 spiro atoms. The van der Waals surface area contributed by atoms with Crippen LogP contribution in [-0.2, 0) is 0 Å². The lowest BCUT2D eigenvalue weighted by molar-refractivity contribution is -0.255. The van der Waals surface area contributed by atoms with Gasteiger partial charge in [0.2, 0.25) is 0 Å². The molecule has 122 valence electrons. The van der Waals surface area contributed by atoms with Gasteiger partial charge in [0.1, 0.15) is 0 Å². The van der Waals surface area contributed by atoms with Gasteiger partial charge >= 0.3 is 0 Å². The molecule has 0 radical (unpaired) electrons. The summed E-state index contributed by atoms with van der Waals surface area (Å²) in [6, 6.07) is 19.7. The number of carbonyl (C=O) groups excluding carboxylic acids is 2. The topological polar surface area (TPSA) is 69.2 Å². The van der Waals surface area contributed by atoms with Crippen LogP contribution >= 0.6 is 11.3 Å². The molecule has 4 nitrogen and oxygen atoms in total. The fraction of sp³-hybridized carbons (Fsp3) is 0. The fourth-order valence-corrected chi connectivity index (χ4v) is 4.06. The second kappa shape index (κ2) is 6.03. The van der Waals surface area contributed by atoms with E-state index in [9.17, 15) is 14.7 Å². The van der Waals surface area contributed by atoms with Gasteiger partial charge in [-0.25, -0.2) is 0 Å². The zero-order valence-corrected chi connectivity index (χ0v) is 13.8. The number of anilines is 1. The number of aromatic carboxylic acids is 1. The van der Waals surface area contributed by atoms with Gasteiger partial charge in [-0.1, -0.05) is 42.5 Å². The minimum atomic E-state index is -1.28.